The maximum Gasteiger partial charge on any atom is 0.336 e. The Balaban J connectivity index is 1.63. The number of esters is 1. The van der Waals surface area contributed by atoms with Crippen LogP contribution in [0.15, 0.2) is 72.8 Å². The van der Waals surface area contributed by atoms with Gasteiger partial charge in [0.25, 0.3) is 0 Å². The van der Waals surface area contributed by atoms with Crippen molar-refractivity contribution in [1.82, 2.24) is 0 Å². The summed E-state index contributed by atoms with van der Waals surface area (Å²) in [5, 5.41) is 0. The van der Waals surface area contributed by atoms with Crippen LogP contribution < -0.4 is 0 Å². The van der Waals surface area contributed by atoms with Gasteiger partial charge in [-0.1, -0.05) is 67.2 Å². The zero-order valence-electron chi connectivity index (χ0n) is 12.5. The van der Waals surface area contributed by atoms with Gasteiger partial charge in [0, 0.05) is 0 Å². The minimum atomic E-state index is -0.413. The largest absolute Gasteiger partial charge is 0.457 e. The van der Waals surface area contributed by atoms with Crippen molar-refractivity contribution in [3.05, 3.63) is 83.9 Å². The van der Waals surface area contributed by atoms with Crippen LogP contribution in [0, 0.1) is 0 Å². The summed E-state index contributed by atoms with van der Waals surface area (Å²) in [5.74, 6) is -0.413. The summed E-state index contributed by atoms with van der Waals surface area (Å²) in [5.41, 5.74) is 2.50. The van der Waals surface area contributed by atoms with Gasteiger partial charge in [0.05, 0.1) is 18.8 Å². The van der Waals surface area contributed by atoms with Gasteiger partial charge in [-0.15, -0.1) is 0 Å². The van der Waals surface area contributed by atoms with Crippen LogP contribution in [0.2, 0.25) is 0 Å². The second-order valence-electron chi connectivity index (χ2n) is 4.95. The molecule has 0 saturated carbocycles. The maximum absolute atomic E-state index is 11.8. The van der Waals surface area contributed by atoms with Crippen LogP contribution in [0.3, 0.4) is 0 Å². The van der Waals surface area contributed by atoms with Gasteiger partial charge in [0.1, 0.15) is 6.61 Å². The number of benzene rings is 2. The van der Waals surface area contributed by atoms with E-state index in [0.29, 0.717) is 12.2 Å². The lowest BCUT2D eigenvalue weighted by molar-refractivity contribution is -0.140. The van der Waals surface area contributed by atoms with Crippen LogP contribution in [-0.2, 0) is 27.3 Å². The molecule has 0 spiro atoms. The van der Waals surface area contributed by atoms with Gasteiger partial charge in [0.2, 0.25) is 0 Å². The highest BCUT2D eigenvalue weighted by Gasteiger charge is 2.08. The highest BCUT2D eigenvalue weighted by atomic mass is 16.5. The van der Waals surface area contributed by atoms with E-state index in [0.717, 1.165) is 12.0 Å². The molecule has 114 valence electrons. The average Bonchev–Trinajstić information content (AvgIpc) is 2.58. The van der Waals surface area contributed by atoms with Crippen molar-refractivity contribution < 1.29 is 14.3 Å². The molecule has 0 saturated heterocycles. The van der Waals surface area contributed by atoms with Crippen LogP contribution >= 0.6 is 0 Å². The molecule has 3 heteroatoms. The van der Waals surface area contributed by atoms with E-state index in [1.54, 1.807) is 0 Å². The smallest absolute Gasteiger partial charge is 0.336 e. The number of carbonyl (C=O) groups is 1. The molecular formula is C19H20O3. The predicted molar refractivity (Wildman–Crippen MR) is 86.3 cm³/mol. The highest BCUT2D eigenvalue weighted by Crippen LogP contribution is 2.05. The molecule has 0 radical (unpaired) electrons. The first-order valence-electron chi connectivity index (χ1n) is 7.26. The van der Waals surface area contributed by atoms with E-state index in [2.05, 4.69) is 6.58 Å². The van der Waals surface area contributed by atoms with E-state index in [1.165, 1.54) is 5.56 Å². The predicted octanol–water partition coefficient (Wildman–Crippen LogP) is 3.55. The summed E-state index contributed by atoms with van der Waals surface area (Å²) in [6, 6.07) is 19.6. The van der Waals surface area contributed by atoms with Crippen molar-refractivity contribution in [2.75, 3.05) is 13.2 Å². The fraction of sp³-hybridized carbons (Fsp3) is 0.211. The van der Waals surface area contributed by atoms with E-state index < -0.39 is 5.97 Å². The third-order valence-corrected chi connectivity index (χ3v) is 3.16. The Morgan fingerprint density at radius 1 is 0.909 bits per heavy atom. The molecule has 0 atom stereocenters. The topological polar surface area (TPSA) is 35.5 Å². The minimum absolute atomic E-state index is 0.195. The van der Waals surface area contributed by atoms with Gasteiger partial charge in [-0.3, -0.25) is 0 Å². The fourth-order valence-electron chi connectivity index (χ4n) is 1.91. The van der Waals surface area contributed by atoms with Crippen molar-refractivity contribution in [3.8, 4) is 0 Å². The first-order valence-corrected chi connectivity index (χ1v) is 7.26. The Kier molecular flexibility index (Phi) is 6.39. The Hall–Kier alpha value is -2.39. The molecule has 2 aromatic carbocycles. The molecule has 0 unspecified atom stereocenters. The van der Waals surface area contributed by atoms with Crippen molar-refractivity contribution in [1.29, 1.82) is 0 Å². The molecule has 0 heterocycles. The zero-order chi connectivity index (χ0) is 15.6. The number of ether oxygens (including phenoxy) is 2. The Morgan fingerprint density at radius 3 is 2.14 bits per heavy atom. The summed E-state index contributed by atoms with van der Waals surface area (Å²) in [7, 11) is 0. The maximum atomic E-state index is 11.8. The molecule has 0 bridgehead atoms. The molecule has 0 aromatic heterocycles. The molecule has 0 aliphatic carbocycles. The summed E-state index contributed by atoms with van der Waals surface area (Å²) in [6.45, 7) is 4.71. The van der Waals surface area contributed by atoms with Gasteiger partial charge < -0.3 is 9.47 Å². The molecule has 0 aliphatic heterocycles. The minimum Gasteiger partial charge on any atom is -0.457 e. The fourth-order valence-corrected chi connectivity index (χ4v) is 1.91. The molecule has 0 N–H and O–H groups in total. The molecule has 22 heavy (non-hydrogen) atoms. The summed E-state index contributed by atoms with van der Waals surface area (Å²) in [6.07, 6.45) is 0.813. The van der Waals surface area contributed by atoms with E-state index >= 15 is 0 Å². The van der Waals surface area contributed by atoms with Crippen molar-refractivity contribution >= 4 is 5.97 Å². The first-order chi connectivity index (χ1) is 10.8. The molecule has 0 fully saturated rings. The van der Waals surface area contributed by atoms with Gasteiger partial charge in [-0.2, -0.15) is 0 Å². The Labute approximate surface area is 131 Å². The van der Waals surface area contributed by atoms with Gasteiger partial charge in [-0.05, 0) is 17.5 Å². The Bertz CT molecular complexity index is 591. The monoisotopic (exact) mass is 296 g/mol. The summed E-state index contributed by atoms with van der Waals surface area (Å²) in [4.78, 5) is 11.8. The van der Waals surface area contributed by atoms with E-state index in [9.17, 15) is 4.79 Å². The second-order valence-corrected chi connectivity index (χ2v) is 4.95. The van der Waals surface area contributed by atoms with Gasteiger partial charge in [-0.25, -0.2) is 4.79 Å². The summed E-state index contributed by atoms with van der Waals surface area (Å²) >= 11 is 0. The first kappa shape index (κ1) is 16.0. The van der Waals surface area contributed by atoms with Crippen molar-refractivity contribution in [3.63, 3.8) is 0 Å². The average molecular weight is 296 g/mol. The third kappa shape index (κ3) is 5.54. The number of rotatable bonds is 8. The SMILES string of the molecule is C=C(COCCc1ccccc1)C(=O)OCc1ccccc1. The van der Waals surface area contributed by atoms with Gasteiger partial charge in [0.15, 0.2) is 0 Å². The number of hydrogen-bond acceptors (Lipinski definition) is 3. The number of carbonyl (C=O) groups excluding carboxylic acids is 1. The van der Waals surface area contributed by atoms with Crippen molar-refractivity contribution in [2.24, 2.45) is 0 Å². The normalized spacial score (nSPS) is 10.2. The molecule has 0 amide bonds. The lowest BCUT2D eigenvalue weighted by Crippen LogP contribution is -2.12. The second kappa shape index (κ2) is 8.80. The zero-order valence-corrected chi connectivity index (χ0v) is 12.5. The van der Waals surface area contributed by atoms with Crippen molar-refractivity contribution in [2.45, 2.75) is 13.0 Å². The lowest BCUT2D eigenvalue weighted by atomic mass is 10.2. The molecule has 2 rings (SSSR count). The van der Waals surface area contributed by atoms with E-state index in [-0.39, 0.29) is 13.2 Å². The lowest BCUT2D eigenvalue weighted by Gasteiger charge is -2.08. The number of hydrogen-bond donors (Lipinski definition) is 0. The Morgan fingerprint density at radius 2 is 1.50 bits per heavy atom. The van der Waals surface area contributed by atoms with Crippen LogP contribution in [0.1, 0.15) is 11.1 Å². The third-order valence-electron chi connectivity index (χ3n) is 3.16. The van der Waals surface area contributed by atoms with Gasteiger partial charge >= 0.3 is 5.97 Å². The highest BCUT2D eigenvalue weighted by molar-refractivity contribution is 5.87. The van der Waals surface area contributed by atoms with E-state index in [1.807, 2.05) is 60.7 Å². The standard InChI is InChI=1S/C19H20O3/c1-16(14-21-13-12-17-8-4-2-5-9-17)19(20)22-15-18-10-6-3-7-11-18/h2-11H,1,12-15H2. The molecule has 3 nitrogen and oxygen atoms in total. The summed E-state index contributed by atoms with van der Waals surface area (Å²) < 4.78 is 10.7. The van der Waals surface area contributed by atoms with Crippen LogP contribution in [0.4, 0.5) is 0 Å². The quantitative estimate of drug-likeness (QED) is 0.424. The van der Waals surface area contributed by atoms with E-state index in [4.69, 9.17) is 9.47 Å². The molecule has 2 aromatic rings. The van der Waals surface area contributed by atoms with Crippen LogP contribution in [0.5, 0.6) is 0 Å². The molecular weight excluding hydrogens is 276 g/mol. The van der Waals surface area contributed by atoms with Crippen LogP contribution in [-0.4, -0.2) is 19.2 Å². The van der Waals surface area contributed by atoms with Crippen LogP contribution in [0.25, 0.3) is 0 Å². The molecule has 0 aliphatic rings.